The Labute approximate surface area is 259 Å². The minimum absolute atomic E-state index is 0.118. The molecule has 1 N–H and O–H groups in total. The van der Waals surface area contributed by atoms with Gasteiger partial charge in [-0.05, 0) is 70.9 Å². The molecule has 43 heavy (non-hydrogen) atoms. The number of aliphatic carboxylic acids is 1. The second kappa shape index (κ2) is 13.5. The van der Waals surface area contributed by atoms with E-state index in [0.717, 1.165) is 41.7 Å². The van der Waals surface area contributed by atoms with Gasteiger partial charge in [-0.3, -0.25) is 4.79 Å². The van der Waals surface area contributed by atoms with E-state index in [9.17, 15) is 4.79 Å². The van der Waals surface area contributed by atoms with E-state index in [2.05, 4.69) is 138 Å². The van der Waals surface area contributed by atoms with Crippen LogP contribution in [0.3, 0.4) is 0 Å². The van der Waals surface area contributed by atoms with Crippen molar-refractivity contribution in [2.24, 2.45) is 0 Å². The van der Waals surface area contributed by atoms with Gasteiger partial charge in [0.25, 0.3) is 0 Å². The second-order valence-corrected chi connectivity index (χ2v) is 12.7. The summed E-state index contributed by atoms with van der Waals surface area (Å²) in [5.74, 6) is -0.776. The first-order valence-electron chi connectivity index (χ1n) is 15.5. The molecule has 4 rings (SSSR count). The first-order chi connectivity index (χ1) is 20.5. The number of carboxylic acids is 1. The van der Waals surface area contributed by atoms with Crippen LogP contribution in [0.2, 0.25) is 0 Å². The van der Waals surface area contributed by atoms with Gasteiger partial charge >= 0.3 is 5.97 Å². The van der Waals surface area contributed by atoms with Crippen LogP contribution in [0, 0.1) is 6.92 Å². The molecular weight excluding hydrogens is 526 g/mol. The number of anilines is 1. The average Bonchev–Trinajstić information content (AvgIpc) is 3.20. The van der Waals surface area contributed by atoms with E-state index in [1.54, 1.807) is 0 Å². The third-order valence-electron chi connectivity index (χ3n) is 8.96. The Morgan fingerprint density at radius 3 is 2.33 bits per heavy atom. The Balaban J connectivity index is 1.75. The van der Waals surface area contributed by atoms with Crippen molar-refractivity contribution in [3.63, 3.8) is 0 Å². The summed E-state index contributed by atoms with van der Waals surface area (Å²) in [5, 5.41) is 9.12. The van der Waals surface area contributed by atoms with Gasteiger partial charge in [-0.1, -0.05) is 133 Å². The maximum absolute atomic E-state index is 11.1. The number of carboxylic acid groups (broad SMARTS) is 1. The number of benzene rings is 3. The van der Waals surface area contributed by atoms with Crippen molar-refractivity contribution in [2.75, 3.05) is 11.4 Å². The van der Waals surface area contributed by atoms with E-state index in [0.29, 0.717) is 6.42 Å². The topological polar surface area (TPSA) is 40.5 Å². The number of hydrogen-bond acceptors (Lipinski definition) is 2. The zero-order valence-electron chi connectivity index (χ0n) is 26.8. The van der Waals surface area contributed by atoms with Crippen LogP contribution in [0.4, 0.5) is 5.69 Å². The lowest BCUT2D eigenvalue weighted by atomic mass is 9.76. The summed E-state index contributed by atoms with van der Waals surface area (Å²) in [6.07, 6.45) is 11.8. The maximum Gasteiger partial charge on any atom is 0.303 e. The largest absolute Gasteiger partial charge is 0.481 e. The van der Waals surface area contributed by atoms with Gasteiger partial charge in [0.15, 0.2) is 0 Å². The number of para-hydroxylation sites is 1. The van der Waals surface area contributed by atoms with Crippen LogP contribution in [0.25, 0.3) is 5.57 Å². The van der Waals surface area contributed by atoms with Gasteiger partial charge in [-0.15, -0.1) is 0 Å². The summed E-state index contributed by atoms with van der Waals surface area (Å²) in [5.41, 5.74) is 10.4. The Bertz CT molecular complexity index is 1550. The maximum atomic E-state index is 11.1. The molecule has 1 aliphatic rings. The fourth-order valence-electron chi connectivity index (χ4n) is 6.08. The first kappa shape index (κ1) is 31.8. The molecule has 0 aliphatic carbocycles. The highest BCUT2D eigenvalue weighted by Gasteiger charge is 2.39. The molecule has 3 aromatic rings. The predicted octanol–water partition coefficient (Wildman–Crippen LogP) is 9.97. The van der Waals surface area contributed by atoms with Gasteiger partial charge in [0.05, 0.1) is 0 Å². The zero-order valence-corrected chi connectivity index (χ0v) is 26.8. The molecular formula is C40H47NO2. The molecule has 0 atom stereocenters. The van der Waals surface area contributed by atoms with Crippen molar-refractivity contribution >= 4 is 17.2 Å². The van der Waals surface area contributed by atoms with E-state index < -0.39 is 5.97 Å². The molecule has 3 nitrogen and oxygen atoms in total. The highest BCUT2D eigenvalue weighted by molar-refractivity contribution is 5.78. The zero-order chi connectivity index (χ0) is 31.2. The minimum atomic E-state index is -0.776. The smallest absolute Gasteiger partial charge is 0.303 e. The van der Waals surface area contributed by atoms with Crippen molar-refractivity contribution in [2.45, 2.75) is 78.1 Å². The molecule has 3 heteroatoms. The molecule has 0 saturated heterocycles. The van der Waals surface area contributed by atoms with E-state index in [-0.39, 0.29) is 17.3 Å². The lowest BCUT2D eigenvalue weighted by molar-refractivity contribution is -0.136. The quantitative estimate of drug-likeness (QED) is 0.219. The molecule has 0 amide bonds. The van der Waals surface area contributed by atoms with Crippen molar-refractivity contribution in [1.29, 1.82) is 0 Å². The van der Waals surface area contributed by atoms with Crippen LogP contribution in [-0.4, -0.2) is 17.6 Å². The van der Waals surface area contributed by atoms with Crippen LogP contribution in [0.5, 0.6) is 0 Å². The average molecular weight is 574 g/mol. The highest BCUT2D eigenvalue weighted by Crippen LogP contribution is 2.47. The normalized spacial score (nSPS) is 15.7. The molecule has 0 fully saturated rings. The summed E-state index contributed by atoms with van der Waals surface area (Å²) >= 11 is 0. The molecule has 0 unspecified atom stereocenters. The molecule has 1 heterocycles. The fraction of sp³-hybridized carbons (Fsp3) is 0.325. The molecule has 0 spiro atoms. The lowest BCUT2D eigenvalue weighted by Gasteiger charge is -2.28. The molecule has 3 aromatic carbocycles. The first-order valence-corrected chi connectivity index (χ1v) is 15.5. The molecule has 0 radical (unpaired) electrons. The lowest BCUT2D eigenvalue weighted by Crippen LogP contribution is -2.26. The Morgan fingerprint density at radius 2 is 1.65 bits per heavy atom. The number of fused-ring (bicyclic) bond motifs is 1. The summed E-state index contributed by atoms with van der Waals surface area (Å²) in [6, 6.07) is 25.6. The number of allylic oxidation sites excluding steroid dienone is 7. The molecule has 0 bridgehead atoms. The standard InChI is InChI=1S/C40H47NO2/c1-8-9-28-41-36-17-13-12-16-35(36)40(6,7)37(41)26-25-32(33-23-19-31(20-24-33)21-27-38(42)43)22-18-30(3)39(4,5)34-15-11-10-14-29(34)2/h10-20,22-26H,3,8-9,21,27-28H2,1-2,4-7H3,(H,42,43)/b22-18+,32-25-,37-26+. The van der Waals surface area contributed by atoms with E-state index >= 15 is 0 Å². The van der Waals surface area contributed by atoms with Gasteiger partial charge in [-0.25, -0.2) is 0 Å². The number of carbonyl (C=O) groups is 1. The van der Waals surface area contributed by atoms with E-state index in [1.165, 1.54) is 28.1 Å². The third-order valence-corrected chi connectivity index (χ3v) is 8.96. The minimum Gasteiger partial charge on any atom is -0.481 e. The summed E-state index contributed by atoms with van der Waals surface area (Å²) in [4.78, 5) is 13.6. The molecule has 1 aliphatic heterocycles. The Kier molecular flexibility index (Phi) is 9.96. The van der Waals surface area contributed by atoms with Crippen LogP contribution < -0.4 is 4.90 Å². The number of hydrogen-bond donors (Lipinski definition) is 1. The molecule has 0 saturated carbocycles. The number of nitrogens with zero attached hydrogens (tertiary/aromatic N) is 1. The van der Waals surface area contributed by atoms with Crippen LogP contribution in [0.15, 0.2) is 115 Å². The molecule has 224 valence electrons. The SMILES string of the molecule is C=C(/C=C/C(=C/C=C1/N(CCCC)c2ccccc2C1(C)C)c1ccc(CCC(=O)O)cc1)C(C)(C)c1ccccc1C. The van der Waals surface area contributed by atoms with Crippen molar-refractivity contribution < 1.29 is 9.90 Å². The van der Waals surface area contributed by atoms with Gasteiger partial charge < -0.3 is 10.0 Å². The third kappa shape index (κ3) is 7.10. The van der Waals surface area contributed by atoms with Gasteiger partial charge in [-0.2, -0.15) is 0 Å². The van der Waals surface area contributed by atoms with Gasteiger partial charge in [0, 0.05) is 35.2 Å². The van der Waals surface area contributed by atoms with Gasteiger partial charge in [0.1, 0.15) is 0 Å². The highest BCUT2D eigenvalue weighted by atomic mass is 16.4. The number of rotatable bonds is 12. The Hall–Kier alpha value is -4.11. The fourth-order valence-corrected chi connectivity index (χ4v) is 6.08. The van der Waals surface area contributed by atoms with Crippen LogP contribution in [-0.2, 0) is 22.0 Å². The predicted molar refractivity (Wildman–Crippen MR) is 183 cm³/mol. The number of aryl methyl sites for hydroxylation is 2. The second-order valence-electron chi connectivity index (χ2n) is 12.7. The van der Waals surface area contributed by atoms with Crippen molar-refractivity contribution in [3.8, 4) is 0 Å². The van der Waals surface area contributed by atoms with Gasteiger partial charge in [0.2, 0.25) is 0 Å². The summed E-state index contributed by atoms with van der Waals surface area (Å²) < 4.78 is 0. The van der Waals surface area contributed by atoms with Crippen LogP contribution >= 0.6 is 0 Å². The number of unbranched alkanes of at least 4 members (excludes halogenated alkanes) is 1. The van der Waals surface area contributed by atoms with Crippen LogP contribution in [0.1, 0.15) is 81.7 Å². The van der Waals surface area contributed by atoms with Crippen molar-refractivity contribution in [1.82, 2.24) is 0 Å². The summed E-state index contributed by atoms with van der Waals surface area (Å²) in [7, 11) is 0. The van der Waals surface area contributed by atoms with E-state index in [1.807, 2.05) is 12.1 Å². The monoisotopic (exact) mass is 573 g/mol. The molecule has 0 aromatic heterocycles. The van der Waals surface area contributed by atoms with Crippen molar-refractivity contribution in [3.05, 3.63) is 143 Å². The van der Waals surface area contributed by atoms with E-state index in [4.69, 9.17) is 5.11 Å². The summed E-state index contributed by atoms with van der Waals surface area (Å²) in [6.45, 7) is 19.0. The Morgan fingerprint density at radius 1 is 0.977 bits per heavy atom.